The van der Waals surface area contributed by atoms with Crippen LogP contribution in [0.25, 0.3) is 10.8 Å². The van der Waals surface area contributed by atoms with E-state index in [0.29, 0.717) is 6.61 Å². The van der Waals surface area contributed by atoms with E-state index in [4.69, 9.17) is 10.5 Å². The number of esters is 1. The van der Waals surface area contributed by atoms with Gasteiger partial charge in [0, 0.05) is 6.04 Å². The largest absolute Gasteiger partial charge is 0.466 e. The Morgan fingerprint density at radius 3 is 2.72 bits per heavy atom. The van der Waals surface area contributed by atoms with Gasteiger partial charge in [0.25, 0.3) is 0 Å². The fraction of sp³-hybridized carbons (Fsp3) is 0.267. The summed E-state index contributed by atoms with van der Waals surface area (Å²) < 4.78 is 4.93. The molecule has 0 aliphatic heterocycles. The zero-order chi connectivity index (χ0) is 13.0. The first-order chi connectivity index (χ1) is 8.72. The molecule has 18 heavy (non-hydrogen) atoms. The fourth-order valence-electron chi connectivity index (χ4n) is 2.08. The van der Waals surface area contributed by atoms with Crippen molar-refractivity contribution in [2.24, 2.45) is 5.73 Å². The molecule has 0 bridgehead atoms. The molecule has 0 radical (unpaired) electrons. The zero-order valence-corrected chi connectivity index (χ0v) is 10.4. The minimum absolute atomic E-state index is 0.210. The monoisotopic (exact) mass is 243 g/mol. The lowest BCUT2D eigenvalue weighted by Gasteiger charge is -2.14. The lowest BCUT2D eigenvalue weighted by atomic mass is 9.97. The Balaban J connectivity index is 2.27. The van der Waals surface area contributed by atoms with E-state index in [1.807, 2.05) is 42.5 Å². The van der Waals surface area contributed by atoms with Crippen LogP contribution in [-0.2, 0) is 9.53 Å². The number of nitrogens with two attached hydrogens (primary N) is 1. The van der Waals surface area contributed by atoms with E-state index in [0.717, 1.165) is 16.3 Å². The summed E-state index contributed by atoms with van der Waals surface area (Å²) in [7, 11) is 0. The Kier molecular flexibility index (Phi) is 3.95. The maximum Gasteiger partial charge on any atom is 0.307 e. The molecule has 1 atom stereocenters. The van der Waals surface area contributed by atoms with Gasteiger partial charge in [-0.1, -0.05) is 42.5 Å². The van der Waals surface area contributed by atoms with E-state index >= 15 is 0 Å². The second-order valence-corrected chi connectivity index (χ2v) is 4.18. The Morgan fingerprint density at radius 1 is 1.22 bits per heavy atom. The van der Waals surface area contributed by atoms with Crippen molar-refractivity contribution in [1.29, 1.82) is 0 Å². The normalized spacial score (nSPS) is 12.3. The molecular formula is C15H17NO2. The Bertz CT molecular complexity index is 546. The van der Waals surface area contributed by atoms with Crippen molar-refractivity contribution < 1.29 is 9.53 Å². The van der Waals surface area contributed by atoms with E-state index in [1.54, 1.807) is 6.92 Å². The summed E-state index contributed by atoms with van der Waals surface area (Å²) in [6.45, 7) is 2.18. The molecular weight excluding hydrogens is 226 g/mol. The maximum absolute atomic E-state index is 11.5. The fourth-order valence-corrected chi connectivity index (χ4v) is 2.08. The molecule has 3 heteroatoms. The van der Waals surface area contributed by atoms with E-state index < -0.39 is 0 Å². The molecule has 0 aliphatic rings. The topological polar surface area (TPSA) is 52.3 Å². The lowest BCUT2D eigenvalue weighted by molar-refractivity contribution is -0.143. The average Bonchev–Trinajstić information content (AvgIpc) is 2.38. The molecule has 2 aromatic rings. The van der Waals surface area contributed by atoms with Gasteiger partial charge in [0.05, 0.1) is 13.0 Å². The summed E-state index contributed by atoms with van der Waals surface area (Å²) in [5, 5.41) is 2.23. The minimum Gasteiger partial charge on any atom is -0.466 e. The highest BCUT2D eigenvalue weighted by Crippen LogP contribution is 2.24. The molecule has 2 rings (SSSR count). The predicted octanol–water partition coefficient (Wildman–Crippen LogP) is 2.79. The number of hydrogen-bond acceptors (Lipinski definition) is 3. The van der Waals surface area contributed by atoms with Gasteiger partial charge in [-0.3, -0.25) is 4.79 Å². The summed E-state index contributed by atoms with van der Waals surface area (Å²) in [5.74, 6) is -0.252. The van der Waals surface area contributed by atoms with Crippen molar-refractivity contribution in [3.8, 4) is 0 Å². The van der Waals surface area contributed by atoms with Crippen LogP contribution in [-0.4, -0.2) is 12.6 Å². The van der Waals surface area contributed by atoms with E-state index in [9.17, 15) is 4.79 Å². The van der Waals surface area contributed by atoms with Gasteiger partial charge in [0.2, 0.25) is 0 Å². The lowest BCUT2D eigenvalue weighted by Crippen LogP contribution is -2.17. The molecule has 0 heterocycles. The van der Waals surface area contributed by atoms with E-state index in [2.05, 4.69) is 0 Å². The van der Waals surface area contributed by atoms with Crippen molar-refractivity contribution in [3.63, 3.8) is 0 Å². The number of rotatable bonds is 4. The van der Waals surface area contributed by atoms with Crippen LogP contribution in [0.15, 0.2) is 42.5 Å². The van der Waals surface area contributed by atoms with Gasteiger partial charge < -0.3 is 10.5 Å². The quantitative estimate of drug-likeness (QED) is 0.840. The van der Waals surface area contributed by atoms with Crippen molar-refractivity contribution in [1.82, 2.24) is 0 Å². The summed E-state index contributed by atoms with van der Waals surface area (Å²) in [4.78, 5) is 11.5. The SMILES string of the molecule is CCOC(=O)C[C@@H](N)c1cccc2ccccc12. The molecule has 2 aromatic carbocycles. The summed E-state index contributed by atoms with van der Waals surface area (Å²) in [5.41, 5.74) is 7.08. The molecule has 0 aliphatic carbocycles. The Labute approximate surface area is 107 Å². The number of ether oxygens (including phenoxy) is 1. The smallest absolute Gasteiger partial charge is 0.307 e. The summed E-state index contributed by atoms with van der Waals surface area (Å²) >= 11 is 0. The highest BCUT2D eigenvalue weighted by Gasteiger charge is 2.14. The zero-order valence-electron chi connectivity index (χ0n) is 10.4. The van der Waals surface area contributed by atoms with Crippen LogP contribution in [0, 0.1) is 0 Å². The van der Waals surface area contributed by atoms with Gasteiger partial charge in [-0.25, -0.2) is 0 Å². The van der Waals surface area contributed by atoms with Crippen LogP contribution in [0.1, 0.15) is 24.9 Å². The molecule has 0 fully saturated rings. The Hall–Kier alpha value is -1.87. The van der Waals surface area contributed by atoms with Crippen LogP contribution in [0.3, 0.4) is 0 Å². The maximum atomic E-state index is 11.5. The third-order valence-electron chi connectivity index (χ3n) is 2.91. The van der Waals surface area contributed by atoms with E-state index in [-0.39, 0.29) is 18.4 Å². The van der Waals surface area contributed by atoms with E-state index in [1.165, 1.54) is 0 Å². The minimum atomic E-state index is -0.324. The van der Waals surface area contributed by atoms with Crippen molar-refractivity contribution in [2.45, 2.75) is 19.4 Å². The third kappa shape index (κ3) is 2.68. The van der Waals surface area contributed by atoms with Gasteiger partial charge in [0.15, 0.2) is 0 Å². The molecule has 0 spiro atoms. The standard InChI is InChI=1S/C15H17NO2/c1-2-18-15(17)10-14(16)13-9-5-7-11-6-3-4-8-12(11)13/h3-9,14H,2,10,16H2,1H3/t14-/m1/s1. The van der Waals surface area contributed by atoms with Crippen LogP contribution < -0.4 is 5.73 Å². The number of hydrogen-bond donors (Lipinski definition) is 1. The first kappa shape index (κ1) is 12.6. The molecule has 3 nitrogen and oxygen atoms in total. The van der Waals surface area contributed by atoms with Crippen molar-refractivity contribution >= 4 is 16.7 Å². The Morgan fingerprint density at radius 2 is 1.94 bits per heavy atom. The number of fused-ring (bicyclic) bond motifs is 1. The van der Waals surface area contributed by atoms with Gasteiger partial charge in [-0.05, 0) is 23.3 Å². The summed E-state index contributed by atoms with van der Waals surface area (Å²) in [6, 6.07) is 13.7. The van der Waals surface area contributed by atoms with Crippen LogP contribution in [0.2, 0.25) is 0 Å². The second-order valence-electron chi connectivity index (χ2n) is 4.18. The van der Waals surface area contributed by atoms with Gasteiger partial charge in [0.1, 0.15) is 0 Å². The van der Waals surface area contributed by atoms with Gasteiger partial charge in [-0.15, -0.1) is 0 Å². The van der Waals surface area contributed by atoms with Crippen LogP contribution >= 0.6 is 0 Å². The third-order valence-corrected chi connectivity index (χ3v) is 2.91. The van der Waals surface area contributed by atoms with Gasteiger partial charge >= 0.3 is 5.97 Å². The summed E-state index contributed by atoms with van der Waals surface area (Å²) in [6.07, 6.45) is 0.210. The van der Waals surface area contributed by atoms with Crippen molar-refractivity contribution in [2.75, 3.05) is 6.61 Å². The molecule has 94 valence electrons. The molecule has 2 N–H and O–H groups in total. The molecule has 0 saturated heterocycles. The van der Waals surface area contributed by atoms with Gasteiger partial charge in [-0.2, -0.15) is 0 Å². The first-order valence-electron chi connectivity index (χ1n) is 6.11. The molecule has 0 saturated carbocycles. The molecule has 0 aromatic heterocycles. The highest BCUT2D eigenvalue weighted by molar-refractivity contribution is 5.86. The van der Waals surface area contributed by atoms with Crippen molar-refractivity contribution in [3.05, 3.63) is 48.0 Å². The number of carbonyl (C=O) groups excluding carboxylic acids is 1. The molecule has 0 unspecified atom stereocenters. The predicted molar refractivity (Wildman–Crippen MR) is 72.1 cm³/mol. The number of benzene rings is 2. The second kappa shape index (κ2) is 5.65. The highest BCUT2D eigenvalue weighted by atomic mass is 16.5. The average molecular weight is 243 g/mol. The first-order valence-corrected chi connectivity index (χ1v) is 6.11. The van der Waals surface area contributed by atoms with Crippen LogP contribution in [0.4, 0.5) is 0 Å². The van der Waals surface area contributed by atoms with Crippen LogP contribution in [0.5, 0.6) is 0 Å². The molecule has 0 amide bonds. The number of carbonyl (C=O) groups is 1.